The number of benzene rings is 2. The van der Waals surface area contributed by atoms with Crippen molar-refractivity contribution in [2.45, 2.75) is 13.0 Å². The van der Waals surface area contributed by atoms with Gasteiger partial charge in [0, 0.05) is 0 Å². The van der Waals surface area contributed by atoms with Crippen molar-refractivity contribution in [3.05, 3.63) is 77.9 Å². The molecule has 4 nitrogen and oxygen atoms in total. The van der Waals surface area contributed by atoms with E-state index in [9.17, 15) is 4.79 Å². The number of nitrogens with two attached hydrogens (primary N) is 1. The number of amides is 1. The molecule has 0 saturated heterocycles. The molecule has 0 unspecified atom stereocenters. The predicted octanol–water partition coefficient (Wildman–Crippen LogP) is 3.02. The van der Waals surface area contributed by atoms with E-state index in [2.05, 4.69) is 12.0 Å². The second kappa shape index (κ2) is 8.87. The van der Waals surface area contributed by atoms with Crippen LogP contribution in [-0.2, 0) is 13.0 Å². The number of nitrogen functional groups attached to an aromatic ring is 1. The van der Waals surface area contributed by atoms with Gasteiger partial charge in [-0.3, -0.25) is 10.2 Å². The minimum Gasteiger partial charge on any atom is -0.488 e. The van der Waals surface area contributed by atoms with Gasteiger partial charge in [-0.1, -0.05) is 48.5 Å². The first-order chi connectivity index (χ1) is 10.3. The van der Waals surface area contributed by atoms with E-state index in [4.69, 9.17) is 10.6 Å². The molecule has 0 aliphatic carbocycles. The van der Waals surface area contributed by atoms with Gasteiger partial charge in [0.05, 0.1) is 5.56 Å². The third kappa shape index (κ3) is 4.35. The first-order valence-corrected chi connectivity index (χ1v) is 6.66. The SMILES string of the molecule is C=CCc1cccc(OCc2ccccc2)c1C(=O)NN.Cl. The molecule has 0 saturated carbocycles. The molecule has 0 aromatic heterocycles. The molecule has 2 aromatic rings. The topological polar surface area (TPSA) is 64.3 Å². The van der Waals surface area contributed by atoms with E-state index in [-0.39, 0.29) is 18.3 Å². The summed E-state index contributed by atoms with van der Waals surface area (Å²) in [5, 5.41) is 0. The highest BCUT2D eigenvalue weighted by molar-refractivity contribution is 5.98. The van der Waals surface area contributed by atoms with Crippen molar-refractivity contribution in [1.29, 1.82) is 0 Å². The quantitative estimate of drug-likeness (QED) is 0.372. The molecular weight excluding hydrogens is 300 g/mol. The number of halogens is 1. The Kier molecular flexibility index (Phi) is 7.16. The number of carbonyl (C=O) groups is 1. The fraction of sp³-hybridized carbons (Fsp3) is 0.118. The molecule has 2 aromatic carbocycles. The molecule has 22 heavy (non-hydrogen) atoms. The average molecular weight is 319 g/mol. The fourth-order valence-corrected chi connectivity index (χ4v) is 2.09. The summed E-state index contributed by atoms with van der Waals surface area (Å²) in [6.45, 7) is 4.09. The molecule has 0 bridgehead atoms. The van der Waals surface area contributed by atoms with E-state index < -0.39 is 0 Å². The molecule has 0 aliphatic rings. The van der Waals surface area contributed by atoms with Crippen LogP contribution in [0.3, 0.4) is 0 Å². The number of hydrazine groups is 1. The van der Waals surface area contributed by atoms with Gasteiger partial charge < -0.3 is 4.74 Å². The summed E-state index contributed by atoms with van der Waals surface area (Å²) >= 11 is 0. The van der Waals surface area contributed by atoms with E-state index in [1.54, 1.807) is 12.1 Å². The summed E-state index contributed by atoms with van der Waals surface area (Å²) < 4.78 is 5.78. The van der Waals surface area contributed by atoms with Crippen LogP contribution in [0.5, 0.6) is 5.75 Å². The van der Waals surface area contributed by atoms with Crippen molar-refractivity contribution in [1.82, 2.24) is 5.43 Å². The third-order valence-corrected chi connectivity index (χ3v) is 3.07. The molecular formula is C17H19ClN2O2. The number of nitrogens with one attached hydrogen (secondary N) is 1. The molecule has 0 heterocycles. The lowest BCUT2D eigenvalue weighted by Crippen LogP contribution is -2.31. The summed E-state index contributed by atoms with van der Waals surface area (Å²) in [5.74, 6) is 5.41. The lowest BCUT2D eigenvalue weighted by atomic mass is 10.0. The monoisotopic (exact) mass is 318 g/mol. The van der Waals surface area contributed by atoms with Gasteiger partial charge in [-0.2, -0.15) is 0 Å². The minimum atomic E-state index is -0.365. The first-order valence-electron chi connectivity index (χ1n) is 6.66. The predicted molar refractivity (Wildman–Crippen MR) is 90.0 cm³/mol. The first kappa shape index (κ1) is 17.8. The van der Waals surface area contributed by atoms with Crippen LogP contribution in [0, 0.1) is 0 Å². The zero-order valence-corrected chi connectivity index (χ0v) is 12.9. The van der Waals surface area contributed by atoms with E-state index in [1.807, 2.05) is 42.5 Å². The van der Waals surface area contributed by atoms with Gasteiger partial charge in [-0.05, 0) is 23.6 Å². The van der Waals surface area contributed by atoms with Crippen LogP contribution in [0.4, 0.5) is 0 Å². The maximum Gasteiger partial charge on any atom is 0.269 e. The Morgan fingerprint density at radius 3 is 2.55 bits per heavy atom. The lowest BCUT2D eigenvalue weighted by Gasteiger charge is -2.14. The van der Waals surface area contributed by atoms with Crippen LogP contribution in [0.25, 0.3) is 0 Å². The molecule has 3 N–H and O–H groups in total. The fourth-order valence-electron chi connectivity index (χ4n) is 2.09. The molecule has 1 amide bonds. The molecule has 0 fully saturated rings. The second-order valence-electron chi connectivity index (χ2n) is 4.53. The summed E-state index contributed by atoms with van der Waals surface area (Å²) in [4.78, 5) is 12.0. The van der Waals surface area contributed by atoms with E-state index in [1.165, 1.54) is 0 Å². The Bertz CT molecular complexity index is 630. The average Bonchev–Trinajstić information content (AvgIpc) is 2.53. The van der Waals surface area contributed by atoms with Gasteiger partial charge in [0.15, 0.2) is 0 Å². The van der Waals surface area contributed by atoms with E-state index in [0.29, 0.717) is 24.3 Å². The van der Waals surface area contributed by atoms with Gasteiger partial charge in [0.2, 0.25) is 0 Å². The highest BCUT2D eigenvalue weighted by atomic mass is 35.5. The molecule has 0 radical (unpaired) electrons. The molecule has 0 atom stereocenters. The van der Waals surface area contributed by atoms with Crippen molar-refractivity contribution >= 4 is 18.3 Å². The number of hydrogen-bond donors (Lipinski definition) is 2. The summed E-state index contributed by atoms with van der Waals surface area (Å²) in [6.07, 6.45) is 2.31. The van der Waals surface area contributed by atoms with Gasteiger partial charge in [-0.15, -0.1) is 19.0 Å². The van der Waals surface area contributed by atoms with Gasteiger partial charge >= 0.3 is 0 Å². The van der Waals surface area contributed by atoms with Crippen molar-refractivity contribution in [3.8, 4) is 5.75 Å². The number of carbonyl (C=O) groups excluding carboxylic acids is 1. The van der Waals surface area contributed by atoms with Gasteiger partial charge in [0.25, 0.3) is 5.91 Å². The van der Waals surface area contributed by atoms with Crippen molar-refractivity contribution in [3.63, 3.8) is 0 Å². The number of allylic oxidation sites excluding steroid dienone is 1. The highest BCUT2D eigenvalue weighted by Crippen LogP contribution is 2.24. The van der Waals surface area contributed by atoms with Crippen molar-refractivity contribution in [2.75, 3.05) is 0 Å². The highest BCUT2D eigenvalue weighted by Gasteiger charge is 2.16. The van der Waals surface area contributed by atoms with Crippen molar-refractivity contribution in [2.24, 2.45) is 5.84 Å². The molecule has 2 rings (SSSR count). The number of ether oxygens (including phenoxy) is 1. The zero-order valence-electron chi connectivity index (χ0n) is 12.1. The van der Waals surface area contributed by atoms with Crippen molar-refractivity contribution < 1.29 is 9.53 Å². The minimum absolute atomic E-state index is 0. The largest absolute Gasteiger partial charge is 0.488 e. The Hall–Kier alpha value is -2.30. The van der Waals surface area contributed by atoms with E-state index in [0.717, 1.165) is 11.1 Å². The smallest absolute Gasteiger partial charge is 0.269 e. The van der Waals surface area contributed by atoms with Crippen LogP contribution in [-0.4, -0.2) is 5.91 Å². The Morgan fingerprint density at radius 2 is 1.91 bits per heavy atom. The molecule has 5 heteroatoms. The van der Waals surface area contributed by atoms with E-state index >= 15 is 0 Å². The Balaban J connectivity index is 0.00000242. The maximum absolute atomic E-state index is 12.0. The lowest BCUT2D eigenvalue weighted by molar-refractivity contribution is 0.0948. The number of hydrogen-bond acceptors (Lipinski definition) is 3. The molecule has 0 spiro atoms. The molecule has 116 valence electrons. The summed E-state index contributed by atoms with van der Waals surface area (Å²) in [7, 11) is 0. The maximum atomic E-state index is 12.0. The standard InChI is InChI=1S/C17H18N2O2.ClH/c1-2-7-14-10-6-11-15(16(14)17(20)19-18)21-12-13-8-4-3-5-9-13;/h2-6,8-11H,1,7,12,18H2,(H,19,20);1H. The zero-order chi connectivity index (χ0) is 15.1. The van der Waals surface area contributed by atoms with Crippen LogP contribution in [0.2, 0.25) is 0 Å². The third-order valence-electron chi connectivity index (χ3n) is 3.07. The summed E-state index contributed by atoms with van der Waals surface area (Å²) in [6, 6.07) is 15.3. The van der Waals surface area contributed by atoms with Crippen LogP contribution in [0.15, 0.2) is 61.2 Å². The summed E-state index contributed by atoms with van der Waals surface area (Å²) in [5.41, 5.74) is 4.48. The van der Waals surface area contributed by atoms with Crippen LogP contribution < -0.4 is 16.0 Å². The molecule has 0 aliphatic heterocycles. The Morgan fingerprint density at radius 1 is 1.18 bits per heavy atom. The van der Waals surface area contributed by atoms with Gasteiger partial charge in [-0.25, -0.2) is 5.84 Å². The van der Waals surface area contributed by atoms with Crippen LogP contribution >= 0.6 is 12.4 Å². The second-order valence-corrected chi connectivity index (χ2v) is 4.53. The van der Waals surface area contributed by atoms with Crippen LogP contribution in [0.1, 0.15) is 21.5 Å². The Labute approximate surface area is 136 Å². The number of rotatable bonds is 6. The van der Waals surface area contributed by atoms with Gasteiger partial charge in [0.1, 0.15) is 12.4 Å². The normalized spacial score (nSPS) is 9.50.